The Hall–Kier alpha value is -1.46. The van der Waals surface area contributed by atoms with E-state index in [1.807, 2.05) is 13.0 Å². The number of phenols is 1. The molecule has 0 aliphatic heterocycles. The van der Waals surface area contributed by atoms with Crippen molar-refractivity contribution in [3.63, 3.8) is 0 Å². The summed E-state index contributed by atoms with van der Waals surface area (Å²) in [7, 11) is 0. The van der Waals surface area contributed by atoms with E-state index in [9.17, 15) is 0 Å². The van der Waals surface area contributed by atoms with Gasteiger partial charge in [-0.05, 0) is 24.6 Å². The van der Waals surface area contributed by atoms with Gasteiger partial charge in [0.2, 0.25) is 0 Å². The molecule has 0 atom stereocenters. The highest BCUT2D eigenvalue weighted by atomic mass is 16.3. The van der Waals surface area contributed by atoms with Crippen molar-refractivity contribution in [1.82, 2.24) is 0 Å². The van der Waals surface area contributed by atoms with Crippen molar-refractivity contribution in [3.8, 4) is 17.6 Å². The van der Waals surface area contributed by atoms with Crippen LogP contribution < -0.4 is 5.73 Å². The molecule has 0 heterocycles. The van der Waals surface area contributed by atoms with E-state index in [1.54, 1.807) is 12.1 Å². The first kappa shape index (κ1) is 8.63. The van der Waals surface area contributed by atoms with Crippen LogP contribution in [0.25, 0.3) is 0 Å². The predicted octanol–water partition coefficient (Wildman–Crippen LogP) is 1.01. The molecule has 12 heavy (non-hydrogen) atoms. The van der Waals surface area contributed by atoms with Gasteiger partial charge in [-0.1, -0.05) is 17.9 Å². The van der Waals surface area contributed by atoms with Gasteiger partial charge in [0.25, 0.3) is 0 Å². The zero-order valence-electron chi connectivity index (χ0n) is 6.96. The smallest absolute Gasteiger partial charge is 0.116 e. The van der Waals surface area contributed by atoms with Gasteiger partial charge < -0.3 is 10.8 Å². The van der Waals surface area contributed by atoms with Crippen LogP contribution in [0, 0.1) is 18.8 Å². The number of nitrogens with two attached hydrogens (primary N) is 1. The van der Waals surface area contributed by atoms with Crippen LogP contribution in [-0.4, -0.2) is 11.7 Å². The van der Waals surface area contributed by atoms with Gasteiger partial charge in [0, 0.05) is 5.56 Å². The number of rotatable bonds is 0. The Bertz CT molecular complexity index is 333. The third-order valence-corrected chi connectivity index (χ3v) is 1.55. The van der Waals surface area contributed by atoms with E-state index in [1.165, 1.54) is 0 Å². The summed E-state index contributed by atoms with van der Waals surface area (Å²) in [5.74, 6) is 5.86. The van der Waals surface area contributed by atoms with E-state index < -0.39 is 0 Å². The van der Waals surface area contributed by atoms with Crippen molar-refractivity contribution in [2.24, 2.45) is 5.73 Å². The molecule has 0 fully saturated rings. The molecule has 1 aromatic rings. The van der Waals surface area contributed by atoms with Crippen LogP contribution in [0.15, 0.2) is 18.2 Å². The molecule has 0 bridgehead atoms. The zero-order chi connectivity index (χ0) is 8.97. The van der Waals surface area contributed by atoms with Gasteiger partial charge in [-0.2, -0.15) is 0 Å². The number of aromatic hydroxyl groups is 1. The first-order valence-corrected chi connectivity index (χ1v) is 3.72. The average molecular weight is 161 g/mol. The molecule has 0 aliphatic rings. The summed E-state index contributed by atoms with van der Waals surface area (Å²) in [4.78, 5) is 0. The van der Waals surface area contributed by atoms with E-state index in [2.05, 4.69) is 11.8 Å². The molecule has 2 nitrogen and oxygen atoms in total. The average Bonchev–Trinajstić information content (AvgIpc) is 2.07. The first-order chi connectivity index (χ1) is 5.74. The fraction of sp³-hybridized carbons (Fsp3) is 0.200. The SMILES string of the molecule is Cc1ccc(O)cc1C#CCN. The van der Waals surface area contributed by atoms with E-state index in [0.29, 0.717) is 6.54 Å². The van der Waals surface area contributed by atoms with E-state index in [0.717, 1.165) is 11.1 Å². The van der Waals surface area contributed by atoms with Crippen molar-refractivity contribution < 1.29 is 5.11 Å². The quantitative estimate of drug-likeness (QED) is 0.558. The minimum absolute atomic E-state index is 0.238. The lowest BCUT2D eigenvalue weighted by atomic mass is 10.1. The lowest BCUT2D eigenvalue weighted by molar-refractivity contribution is 0.475. The van der Waals surface area contributed by atoms with Gasteiger partial charge in [0.1, 0.15) is 5.75 Å². The van der Waals surface area contributed by atoms with E-state index in [-0.39, 0.29) is 5.75 Å². The molecule has 0 aliphatic carbocycles. The minimum atomic E-state index is 0.238. The molecule has 2 heteroatoms. The Kier molecular flexibility index (Phi) is 2.73. The number of phenolic OH excluding ortho intramolecular Hbond substituents is 1. The molecule has 3 N–H and O–H groups in total. The molecule has 0 saturated heterocycles. The number of hydrogen-bond donors (Lipinski definition) is 2. The van der Waals surface area contributed by atoms with Gasteiger partial charge in [-0.25, -0.2) is 0 Å². The fourth-order valence-electron chi connectivity index (χ4n) is 0.891. The van der Waals surface area contributed by atoms with Crippen molar-refractivity contribution in [2.45, 2.75) is 6.92 Å². The van der Waals surface area contributed by atoms with Gasteiger partial charge >= 0.3 is 0 Å². The van der Waals surface area contributed by atoms with Gasteiger partial charge in [-0.15, -0.1) is 0 Å². The third kappa shape index (κ3) is 2.01. The maximum atomic E-state index is 9.14. The van der Waals surface area contributed by atoms with Crippen LogP contribution in [0.2, 0.25) is 0 Å². The Morgan fingerprint density at radius 1 is 1.50 bits per heavy atom. The molecule has 0 saturated carbocycles. The second-order valence-corrected chi connectivity index (χ2v) is 2.51. The molecule has 0 unspecified atom stereocenters. The number of benzene rings is 1. The molecule has 0 radical (unpaired) electrons. The van der Waals surface area contributed by atoms with Crippen molar-refractivity contribution in [3.05, 3.63) is 29.3 Å². The lowest BCUT2D eigenvalue weighted by Crippen LogP contribution is -1.93. The van der Waals surface area contributed by atoms with Crippen LogP contribution in [0.1, 0.15) is 11.1 Å². The highest BCUT2D eigenvalue weighted by molar-refractivity contribution is 5.44. The van der Waals surface area contributed by atoms with Crippen LogP contribution >= 0.6 is 0 Å². The number of aryl methyl sites for hydroxylation is 1. The molecular formula is C10H11NO. The third-order valence-electron chi connectivity index (χ3n) is 1.55. The van der Waals surface area contributed by atoms with Crippen LogP contribution in [-0.2, 0) is 0 Å². The molecular weight excluding hydrogens is 150 g/mol. The Morgan fingerprint density at radius 2 is 2.25 bits per heavy atom. The Morgan fingerprint density at radius 3 is 2.92 bits per heavy atom. The molecule has 0 spiro atoms. The number of hydrogen-bond acceptors (Lipinski definition) is 2. The second kappa shape index (κ2) is 3.80. The highest BCUT2D eigenvalue weighted by Gasteiger charge is 1.94. The maximum absolute atomic E-state index is 9.14. The Balaban J connectivity index is 3.05. The van der Waals surface area contributed by atoms with Crippen molar-refractivity contribution >= 4 is 0 Å². The van der Waals surface area contributed by atoms with E-state index >= 15 is 0 Å². The molecule has 62 valence electrons. The molecule has 1 aromatic carbocycles. The summed E-state index contributed by atoms with van der Waals surface area (Å²) in [6.45, 7) is 2.29. The predicted molar refractivity (Wildman–Crippen MR) is 48.8 cm³/mol. The summed E-state index contributed by atoms with van der Waals surface area (Å²) in [5.41, 5.74) is 7.11. The minimum Gasteiger partial charge on any atom is -0.508 e. The van der Waals surface area contributed by atoms with Crippen molar-refractivity contribution in [2.75, 3.05) is 6.54 Å². The molecule has 0 aromatic heterocycles. The van der Waals surface area contributed by atoms with Gasteiger partial charge in [-0.3, -0.25) is 0 Å². The summed E-state index contributed by atoms with van der Waals surface area (Å²) in [6.07, 6.45) is 0. The lowest BCUT2D eigenvalue weighted by Gasteiger charge is -1.97. The summed E-state index contributed by atoms with van der Waals surface area (Å²) >= 11 is 0. The first-order valence-electron chi connectivity index (χ1n) is 3.72. The summed E-state index contributed by atoms with van der Waals surface area (Å²) < 4.78 is 0. The highest BCUT2D eigenvalue weighted by Crippen LogP contribution is 2.14. The topological polar surface area (TPSA) is 46.2 Å². The molecule has 0 amide bonds. The summed E-state index contributed by atoms with van der Waals surface area (Å²) in [5, 5.41) is 9.14. The fourth-order valence-corrected chi connectivity index (χ4v) is 0.891. The second-order valence-electron chi connectivity index (χ2n) is 2.51. The largest absolute Gasteiger partial charge is 0.508 e. The van der Waals surface area contributed by atoms with Crippen LogP contribution in [0.5, 0.6) is 5.75 Å². The van der Waals surface area contributed by atoms with Gasteiger partial charge in [0.15, 0.2) is 0 Å². The standard InChI is InChI=1S/C10H11NO/c1-8-4-5-10(12)7-9(8)3-2-6-11/h4-5,7,12H,6,11H2,1H3. The van der Waals surface area contributed by atoms with E-state index in [4.69, 9.17) is 10.8 Å². The monoisotopic (exact) mass is 161 g/mol. The van der Waals surface area contributed by atoms with Crippen molar-refractivity contribution in [1.29, 1.82) is 0 Å². The molecule has 1 rings (SSSR count). The maximum Gasteiger partial charge on any atom is 0.116 e. The van der Waals surface area contributed by atoms with Gasteiger partial charge in [0.05, 0.1) is 6.54 Å². The normalized spacial score (nSPS) is 8.83. The van der Waals surface area contributed by atoms with Crippen LogP contribution in [0.3, 0.4) is 0 Å². The zero-order valence-corrected chi connectivity index (χ0v) is 6.96. The summed E-state index contributed by atoms with van der Waals surface area (Å²) in [6, 6.07) is 5.11. The van der Waals surface area contributed by atoms with Crippen LogP contribution in [0.4, 0.5) is 0 Å². The Labute approximate surface area is 72.0 Å².